The number of ether oxygens (including phenoxy) is 1. The summed E-state index contributed by atoms with van der Waals surface area (Å²) >= 11 is 0. The van der Waals surface area contributed by atoms with Crippen LogP contribution < -0.4 is 15.4 Å². The highest BCUT2D eigenvalue weighted by molar-refractivity contribution is 5.96. The number of rotatable bonds is 5. The van der Waals surface area contributed by atoms with Gasteiger partial charge >= 0.3 is 0 Å². The topological polar surface area (TPSA) is 96.7 Å². The molecule has 8 heteroatoms. The summed E-state index contributed by atoms with van der Waals surface area (Å²) < 4.78 is 4.98. The van der Waals surface area contributed by atoms with Gasteiger partial charge in [0.25, 0.3) is 5.69 Å². The Kier molecular flexibility index (Phi) is 5.29. The first-order valence-electron chi connectivity index (χ1n) is 7.11. The van der Waals surface area contributed by atoms with Crippen LogP contribution >= 0.6 is 0 Å². The van der Waals surface area contributed by atoms with E-state index < -0.39 is 4.92 Å². The van der Waals surface area contributed by atoms with Crippen molar-refractivity contribution in [2.24, 2.45) is 0 Å². The molecule has 22 heavy (non-hydrogen) atoms. The number of nitrogens with zero attached hydrogens (tertiary/aromatic N) is 2. The molecular formula is C14H20N4O4. The lowest BCUT2D eigenvalue weighted by Crippen LogP contribution is -2.51. The molecule has 8 nitrogen and oxygen atoms in total. The van der Waals surface area contributed by atoms with E-state index in [1.54, 1.807) is 13.0 Å². The third-order valence-electron chi connectivity index (χ3n) is 3.74. The molecule has 2 rings (SSSR count). The van der Waals surface area contributed by atoms with Crippen LogP contribution in [0.25, 0.3) is 0 Å². The Hall–Kier alpha value is -2.19. The summed E-state index contributed by atoms with van der Waals surface area (Å²) in [7, 11) is 1.43. The van der Waals surface area contributed by atoms with Crippen LogP contribution in [0.3, 0.4) is 0 Å². The summed E-state index contributed by atoms with van der Waals surface area (Å²) in [5.41, 5.74) is -0.00186. The van der Waals surface area contributed by atoms with E-state index in [2.05, 4.69) is 10.6 Å². The average Bonchev–Trinajstić information content (AvgIpc) is 2.55. The molecule has 0 spiro atoms. The van der Waals surface area contributed by atoms with Crippen molar-refractivity contribution in [1.82, 2.24) is 10.2 Å². The molecule has 1 aromatic rings. The van der Waals surface area contributed by atoms with Gasteiger partial charge in [-0.3, -0.25) is 19.8 Å². The van der Waals surface area contributed by atoms with Gasteiger partial charge < -0.3 is 15.4 Å². The lowest BCUT2D eigenvalue weighted by Gasteiger charge is -2.31. The number of carbonyl (C=O) groups excluding carboxylic acids is 1. The fraction of sp³-hybridized carbons (Fsp3) is 0.500. The molecule has 1 unspecified atom stereocenters. The SMILES string of the molecule is COc1ccc(NC(=O)C(C)N2CCNCC2)c([N+](=O)[O-])c1. The lowest BCUT2D eigenvalue weighted by atomic mass is 10.2. The van der Waals surface area contributed by atoms with Gasteiger partial charge in [0, 0.05) is 26.2 Å². The molecule has 1 fully saturated rings. The van der Waals surface area contributed by atoms with Gasteiger partial charge in [-0.25, -0.2) is 0 Å². The lowest BCUT2D eigenvalue weighted by molar-refractivity contribution is -0.384. The van der Waals surface area contributed by atoms with Gasteiger partial charge in [-0.1, -0.05) is 0 Å². The second-order valence-electron chi connectivity index (χ2n) is 5.09. The highest BCUT2D eigenvalue weighted by atomic mass is 16.6. The van der Waals surface area contributed by atoms with E-state index in [4.69, 9.17) is 4.74 Å². The van der Waals surface area contributed by atoms with Crippen LogP contribution in [0.15, 0.2) is 18.2 Å². The minimum absolute atomic E-state index is 0.179. The van der Waals surface area contributed by atoms with Crippen molar-refractivity contribution >= 4 is 17.3 Å². The summed E-state index contributed by atoms with van der Waals surface area (Å²) in [4.78, 5) is 24.9. The second-order valence-corrected chi connectivity index (χ2v) is 5.09. The van der Waals surface area contributed by atoms with E-state index in [0.29, 0.717) is 5.75 Å². The van der Waals surface area contributed by atoms with Gasteiger partial charge in [-0.15, -0.1) is 0 Å². The molecule has 1 amide bonds. The first-order chi connectivity index (χ1) is 10.5. The Labute approximate surface area is 128 Å². The second kappa shape index (κ2) is 7.19. The van der Waals surface area contributed by atoms with Crippen LogP contribution in [-0.2, 0) is 4.79 Å². The minimum atomic E-state index is -0.534. The zero-order valence-electron chi connectivity index (χ0n) is 12.7. The highest BCUT2D eigenvalue weighted by Gasteiger charge is 2.25. The molecule has 0 aliphatic carbocycles. The number of piperazine rings is 1. The quantitative estimate of drug-likeness (QED) is 0.618. The Morgan fingerprint density at radius 1 is 1.45 bits per heavy atom. The van der Waals surface area contributed by atoms with Crippen LogP contribution in [-0.4, -0.2) is 55.1 Å². The average molecular weight is 308 g/mol. The van der Waals surface area contributed by atoms with Gasteiger partial charge in [-0.2, -0.15) is 0 Å². The predicted molar refractivity (Wildman–Crippen MR) is 82.2 cm³/mol. The molecule has 1 heterocycles. The van der Waals surface area contributed by atoms with Gasteiger partial charge in [0.2, 0.25) is 5.91 Å². The van der Waals surface area contributed by atoms with Crippen molar-refractivity contribution in [3.05, 3.63) is 28.3 Å². The van der Waals surface area contributed by atoms with Crippen LogP contribution in [0.1, 0.15) is 6.92 Å². The largest absolute Gasteiger partial charge is 0.496 e. The molecule has 0 aromatic heterocycles. The Balaban J connectivity index is 2.11. The van der Waals surface area contributed by atoms with Gasteiger partial charge in [0.1, 0.15) is 11.4 Å². The number of hydrogen-bond acceptors (Lipinski definition) is 6. The Bertz CT molecular complexity index is 558. The first-order valence-corrected chi connectivity index (χ1v) is 7.11. The zero-order chi connectivity index (χ0) is 16.1. The first kappa shape index (κ1) is 16.2. The smallest absolute Gasteiger partial charge is 0.296 e. The predicted octanol–water partition coefficient (Wildman–Crippen LogP) is 0.836. The van der Waals surface area contributed by atoms with Gasteiger partial charge in [0.15, 0.2) is 0 Å². The number of amides is 1. The maximum absolute atomic E-state index is 12.3. The molecule has 0 saturated carbocycles. The minimum Gasteiger partial charge on any atom is -0.496 e. The molecule has 1 saturated heterocycles. The molecule has 0 bridgehead atoms. The number of carbonyl (C=O) groups is 1. The molecule has 1 aliphatic heterocycles. The Morgan fingerprint density at radius 2 is 2.14 bits per heavy atom. The molecule has 1 aromatic carbocycles. The van der Waals surface area contributed by atoms with Crippen molar-refractivity contribution in [2.45, 2.75) is 13.0 Å². The fourth-order valence-corrected chi connectivity index (χ4v) is 2.37. The summed E-state index contributed by atoms with van der Waals surface area (Å²) in [6.45, 7) is 5.02. The summed E-state index contributed by atoms with van der Waals surface area (Å²) in [6.07, 6.45) is 0. The van der Waals surface area contributed by atoms with E-state index in [1.807, 2.05) is 4.90 Å². The number of hydrogen-bond donors (Lipinski definition) is 2. The summed E-state index contributed by atoms with van der Waals surface area (Å²) in [5, 5.41) is 17.0. The van der Waals surface area contributed by atoms with E-state index in [9.17, 15) is 14.9 Å². The number of anilines is 1. The normalized spacial score (nSPS) is 16.8. The number of benzene rings is 1. The summed E-state index contributed by atoms with van der Waals surface area (Å²) in [5.74, 6) is 0.120. The number of nitro benzene ring substituents is 1. The van der Waals surface area contributed by atoms with Crippen molar-refractivity contribution in [3.8, 4) is 5.75 Å². The third-order valence-corrected chi connectivity index (χ3v) is 3.74. The van der Waals surface area contributed by atoms with Crippen molar-refractivity contribution in [2.75, 3.05) is 38.6 Å². The number of nitrogens with one attached hydrogen (secondary N) is 2. The number of nitro groups is 1. The van der Waals surface area contributed by atoms with Gasteiger partial charge in [-0.05, 0) is 19.1 Å². The van der Waals surface area contributed by atoms with E-state index in [0.717, 1.165) is 26.2 Å². The molecule has 1 atom stereocenters. The van der Waals surface area contributed by atoms with Crippen LogP contribution in [0.4, 0.5) is 11.4 Å². The molecule has 1 aliphatic rings. The third kappa shape index (κ3) is 3.71. The maximum atomic E-state index is 12.3. The van der Waals surface area contributed by atoms with Crippen molar-refractivity contribution in [1.29, 1.82) is 0 Å². The zero-order valence-corrected chi connectivity index (χ0v) is 12.7. The van der Waals surface area contributed by atoms with E-state index in [1.165, 1.54) is 19.2 Å². The van der Waals surface area contributed by atoms with E-state index in [-0.39, 0.29) is 23.3 Å². The van der Waals surface area contributed by atoms with Crippen LogP contribution in [0, 0.1) is 10.1 Å². The van der Waals surface area contributed by atoms with Crippen LogP contribution in [0.5, 0.6) is 5.75 Å². The summed E-state index contributed by atoms with van der Waals surface area (Å²) in [6, 6.07) is 4.02. The highest BCUT2D eigenvalue weighted by Crippen LogP contribution is 2.29. The molecule has 0 radical (unpaired) electrons. The maximum Gasteiger partial charge on any atom is 0.296 e. The van der Waals surface area contributed by atoms with Crippen molar-refractivity contribution in [3.63, 3.8) is 0 Å². The molecular weight excluding hydrogens is 288 g/mol. The van der Waals surface area contributed by atoms with Crippen molar-refractivity contribution < 1.29 is 14.5 Å². The monoisotopic (exact) mass is 308 g/mol. The number of methoxy groups -OCH3 is 1. The Morgan fingerprint density at radius 3 is 2.73 bits per heavy atom. The molecule has 120 valence electrons. The fourth-order valence-electron chi connectivity index (χ4n) is 2.37. The standard InChI is InChI=1S/C14H20N4O4/c1-10(17-7-5-15-6-8-17)14(19)16-12-4-3-11(22-2)9-13(12)18(20)21/h3-4,9-10,15H,5-8H2,1-2H3,(H,16,19). The molecule has 2 N–H and O–H groups in total. The van der Waals surface area contributed by atoms with E-state index >= 15 is 0 Å². The van der Waals surface area contributed by atoms with Crippen LogP contribution in [0.2, 0.25) is 0 Å². The van der Waals surface area contributed by atoms with Gasteiger partial charge in [0.05, 0.1) is 24.1 Å².